The molecule has 1 aromatic heterocycles. The first-order valence-electron chi connectivity index (χ1n) is 7.24. The van der Waals surface area contributed by atoms with Crippen molar-refractivity contribution in [2.24, 2.45) is 0 Å². The first kappa shape index (κ1) is 15.3. The van der Waals surface area contributed by atoms with E-state index in [2.05, 4.69) is 27.8 Å². The molecule has 114 valence electrons. The molecule has 0 aliphatic heterocycles. The molecule has 6 nitrogen and oxygen atoms in total. The highest BCUT2D eigenvalue weighted by Crippen LogP contribution is 2.12. The Morgan fingerprint density at radius 2 is 2.14 bits per heavy atom. The zero-order valence-corrected chi connectivity index (χ0v) is 12.6. The maximum absolute atomic E-state index is 5.63. The predicted octanol–water partition coefficient (Wildman–Crippen LogP) is 2.37. The average molecular weight is 290 g/mol. The van der Waals surface area contributed by atoms with E-state index < -0.39 is 0 Å². The first-order chi connectivity index (χ1) is 10.3. The SMILES string of the molecule is CCCNCc1nnc(NCCOc2cccc(C)c2)o1. The molecule has 1 heterocycles. The fourth-order valence-electron chi connectivity index (χ4n) is 1.80. The van der Waals surface area contributed by atoms with Crippen LogP contribution in [-0.4, -0.2) is 29.9 Å². The highest BCUT2D eigenvalue weighted by molar-refractivity contribution is 5.27. The normalized spacial score (nSPS) is 10.6. The Kier molecular flexibility index (Phi) is 6.02. The van der Waals surface area contributed by atoms with Crippen LogP contribution in [0.2, 0.25) is 0 Å². The molecule has 0 amide bonds. The zero-order chi connectivity index (χ0) is 14.9. The number of aromatic nitrogens is 2. The van der Waals surface area contributed by atoms with Gasteiger partial charge in [-0.25, -0.2) is 0 Å². The Bertz CT molecular complexity index is 542. The molecule has 0 fully saturated rings. The highest BCUT2D eigenvalue weighted by atomic mass is 16.5. The summed E-state index contributed by atoms with van der Waals surface area (Å²) < 4.78 is 11.1. The predicted molar refractivity (Wildman–Crippen MR) is 81.5 cm³/mol. The van der Waals surface area contributed by atoms with Crippen molar-refractivity contribution in [2.45, 2.75) is 26.8 Å². The van der Waals surface area contributed by atoms with E-state index in [1.807, 2.05) is 31.2 Å². The second-order valence-electron chi connectivity index (χ2n) is 4.77. The zero-order valence-electron chi connectivity index (χ0n) is 12.6. The van der Waals surface area contributed by atoms with E-state index >= 15 is 0 Å². The Morgan fingerprint density at radius 3 is 2.95 bits per heavy atom. The van der Waals surface area contributed by atoms with E-state index in [1.165, 1.54) is 5.56 Å². The monoisotopic (exact) mass is 290 g/mol. The first-order valence-corrected chi connectivity index (χ1v) is 7.24. The summed E-state index contributed by atoms with van der Waals surface area (Å²) in [5, 5.41) is 14.1. The van der Waals surface area contributed by atoms with Gasteiger partial charge in [0.25, 0.3) is 0 Å². The smallest absolute Gasteiger partial charge is 0.315 e. The van der Waals surface area contributed by atoms with E-state index in [4.69, 9.17) is 9.15 Å². The van der Waals surface area contributed by atoms with Crippen LogP contribution < -0.4 is 15.4 Å². The lowest BCUT2D eigenvalue weighted by Gasteiger charge is -2.06. The van der Waals surface area contributed by atoms with E-state index in [9.17, 15) is 0 Å². The minimum absolute atomic E-state index is 0.427. The Balaban J connectivity index is 1.66. The molecule has 0 aliphatic rings. The molecule has 2 N–H and O–H groups in total. The molecule has 6 heteroatoms. The number of ether oxygens (including phenoxy) is 1. The molecular formula is C15H22N4O2. The van der Waals surface area contributed by atoms with Gasteiger partial charge in [0.1, 0.15) is 12.4 Å². The molecule has 0 saturated carbocycles. The summed E-state index contributed by atoms with van der Waals surface area (Å²) >= 11 is 0. The van der Waals surface area contributed by atoms with E-state index in [0.717, 1.165) is 18.7 Å². The molecule has 0 atom stereocenters. The summed E-state index contributed by atoms with van der Waals surface area (Å²) in [7, 11) is 0. The van der Waals surface area contributed by atoms with Gasteiger partial charge in [-0.1, -0.05) is 24.2 Å². The summed E-state index contributed by atoms with van der Waals surface area (Å²) in [6, 6.07) is 8.39. The van der Waals surface area contributed by atoms with Gasteiger partial charge in [0.05, 0.1) is 13.1 Å². The number of benzene rings is 1. The van der Waals surface area contributed by atoms with E-state index in [0.29, 0.717) is 31.6 Å². The molecule has 0 spiro atoms. The van der Waals surface area contributed by atoms with Crippen LogP contribution in [0.15, 0.2) is 28.7 Å². The lowest BCUT2D eigenvalue weighted by atomic mass is 10.2. The maximum atomic E-state index is 5.63. The van der Waals surface area contributed by atoms with Crippen molar-refractivity contribution < 1.29 is 9.15 Å². The third kappa shape index (κ3) is 5.43. The molecule has 0 bridgehead atoms. The van der Waals surface area contributed by atoms with Gasteiger partial charge in [-0.2, -0.15) is 0 Å². The fraction of sp³-hybridized carbons (Fsp3) is 0.467. The van der Waals surface area contributed by atoms with Crippen LogP contribution in [-0.2, 0) is 6.54 Å². The van der Waals surface area contributed by atoms with Crippen LogP contribution in [0.1, 0.15) is 24.8 Å². The van der Waals surface area contributed by atoms with Crippen molar-refractivity contribution in [3.63, 3.8) is 0 Å². The molecule has 2 rings (SSSR count). The van der Waals surface area contributed by atoms with E-state index in [1.54, 1.807) is 0 Å². The third-order valence-electron chi connectivity index (χ3n) is 2.81. The molecule has 0 aliphatic carbocycles. The van der Waals surface area contributed by atoms with Gasteiger partial charge in [-0.15, -0.1) is 5.10 Å². The number of aryl methyl sites for hydroxylation is 1. The molecule has 0 unspecified atom stereocenters. The summed E-state index contributed by atoms with van der Waals surface area (Å²) in [6.07, 6.45) is 1.08. The van der Waals surface area contributed by atoms with Crippen LogP contribution in [0, 0.1) is 6.92 Å². The van der Waals surface area contributed by atoms with Crippen molar-refractivity contribution in [1.29, 1.82) is 0 Å². The Hall–Kier alpha value is -2.08. The van der Waals surface area contributed by atoms with Crippen molar-refractivity contribution >= 4 is 6.01 Å². The number of nitrogens with zero attached hydrogens (tertiary/aromatic N) is 2. The fourth-order valence-corrected chi connectivity index (χ4v) is 1.80. The highest BCUT2D eigenvalue weighted by Gasteiger charge is 2.04. The van der Waals surface area contributed by atoms with Crippen molar-refractivity contribution in [1.82, 2.24) is 15.5 Å². The van der Waals surface area contributed by atoms with Crippen LogP contribution in [0.4, 0.5) is 6.01 Å². The van der Waals surface area contributed by atoms with Gasteiger partial charge in [0.15, 0.2) is 0 Å². The number of rotatable bonds is 9. The maximum Gasteiger partial charge on any atom is 0.315 e. The van der Waals surface area contributed by atoms with Crippen LogP contribution >= 0.6 is 0 Å². The van der Waals surface area contributed by atoms with Gasteiger partial charge in [-0.3, -0.25) is 0 Å². The molecule has 1 aromatic carbocycles. The average Bonchev–Trinajstić information content (AvgIpc) is 2.92. The Morgan fingerprint density at radius 1 is 1.24 bits per heavy atom. The largest absolute Gasteiger partial charge is 0.492 e. The van der Waals surface area contributed by atoms with Crippen molar-refractivity contribution in [2.75, 3.05) is 25.0 Å². The quantitative estimate of drug-likeness (QED) is 0.691. The van der Waals surface area contributed by atoms with Gasteiger partial charge >= 0.3 is 6.01 Å². The van der Waals surface area contributed by atoms with Gasteiger partial charge in [0, 0.05) is 0 Å². The molecule has 0 radical (unpaired) electrons. The number of anilines is 1. The second-order valence-corrected chi connectivity index (χ2v) is 4.77. The summed E-state index contributed by atoms with van der Waals surface area (Å²) in [5.41, 5.74) is 1.18. The summed E-state index contributed by atoms with van der Waals surface area (Å²) in [4.78, 5) is 0. The van der Waals surface area contributed by atoms with Crippen LogP contribution in [0.5, 0.6) is 5.75 Å². The lowest BCUT2D eigenvalue weighted by Crippen LogP contribution is -2.14. The van der Waals surface area contributed by atoms with Crippen molar-refractivity contribution in [3.05, 3.63) is 35.7 Å². The molecular weight excluding hydrogens is 268 g/mol. The Labute approximate surface area is 124 Å². The summed E-state index contributed by atoms with van der Waals surface area (Å²) in [5.74, 6) is 1.46. The van der Waals surface area contributed by atoms with E-state index in [-0.39, 0.29) is 0 Å². The van der Waals surface area contributed by atoms with Gasteiger partial charge in [-0.05, 0) is 37.6 Å². The van der Waals surface area contributed by atoms with Gasteiger partial charge in [0.2, 0.25) is 5.89 Å². The number of hydrogen-bond donors (Lipinski definition) is 2. The lowest BCUT2D eigenvalue weighted by molar-refractivity contribution is 0.331. The molecule has 21 heavy (non-hydrogen) atoms. The minimum atomic E-state index is 0.427. The van der Waals surface area contributed by atoms with Crippen LogP contribution in [0.3, 0.4) is 0 Å². The second kappa shape index (κ2) is 8.26. The van der Waals surface area contributed by atoms with Crippen LogP contribution in [0.25, 0.3) is 0 Å². The molecule has 2 aromatic rings. The molecule has 0 saturated heterocycles. The number of nitrogens with one attached hydrogen (secondary N) is 2. The topological polar surface area (TPSA) is 72.2 Å². The number of hydrogen-bond acceptors (Lipinski definition) is 6. The summed E-state index contributed by atoms with van der Waals surface area (Å²) in [6.45, 7) is 6.84. The van der Waals surface area contributed by atoms with Crippen molar-refractivity contribution in [3.8, 4) is 5.75 Å². The van der Waals surface area contributed by atoms with Gasteiger partial charge < -0.3 is 19.8 Å². The standard InChI is InChI=1S/C15H22N4O2/c1-3-7-16-11-14-18-19-15(21-14)17-8-9-20-13-6-4-5-12(2)10-13/h4-6,10,16H,3,7-9,11H2,1-2H3,(H,17,19). The third-order valence-corrected chi connectivity index (χ3v) is 2.81. The minimum Gasteiger partial charge on any atom is -0.492 e.